The van der Waals surface area contributed by atoms with Crippen molar-refractivity contribution in [3.05, 3.63) is 53.2 Å². The topological polar surface area (TPSA) is 38.1 Å². The Balaban J connectivity index is 1.56. The van der Waals surface area contributed by atoms with E-state index in [1.165, 1.54) is 18.4 Å². The van der Waals surface area contributed by atoms with Gasteiger partial charge in [0.05, 0.1) is 6.20 Å². The molecule has 0 spiro atoms. The third-order valence-electron chi connectivity index (χ3n) is 4.82. The first-order valence-electron chi connectivity index (χ1n) is 7.55. The summed E-state index contributed by atoms with van der Waals surface area (Å²) in [5.74, 6) is 3.98. The summed E-state index contributed by atoms with van der Waals surface area (Å²) >= 11 is 0. The molecular formula is C17H20N2O. The van der Waals surface area contributed by atoms with Crippen LogP contribution < -0.4 is 5.32 Å². The second kappa shape index (κ2) is 4.74. The molecule has 3 atom stereocenters. The van der Waals surface area contributed by atoms with Crippen molar-refractivity contribution >= 4 is 0 Å². The van der Waals surface area contributed by atoms with E-state index in [-0.39, 0.29) is 0 Å². The number of nitrogens with one attached hydrogen (secondary N) is 1. The van der Waals surface area contributed by atoms with Gasteiger partial charge >= 0.3 is 0 Å². The molecule has 0 amide bonds. The first-order valence-corrected chi connectivity index (χ1v) is 7.55. The molecule has 3 unspecified atom stereocenters. The Morgan fingerprint density at radius 1 is 1.30 bits per heavy atom. The molecule has 1 aromatic heterocycles. The molecule has 104 valence electrons. The van der Waals surface area contributed by atoms with Crippen molar-refractivity contribution in [2.75, 3.05) is 13.6 Å². The van der Waals surface area contributed by atoms with E-state index in [9.17, 15) is 0 Å². The van der Waals surface area contributed by atoms with Crippen LogP contribution in [0.15, 0.2) is 34.9 Å². The predicted octanol–water partition coefficient (Wildman–Crippen LogP) is 2.88. The maximum absolute atomic E-state index is 5.97. The molecule has 2 aliphatic rings. The summed E-state index contributed by atoms with van der Waals surface area (Å²) in [5, 5.41) is 3.13. The molecule has 0 radical (unpaired) electrons. The Morgan fingerprint density at radius 3 is 3.10 bits per heavy atom. The van der Waals surface area contributed by atoms with Crippen molar-refractivity contribution < 1.29 is 4.42 Å². The van der Waals surface area contributed by atoms with Gasteiger partial charge in [-0.25, -0.2) is 4.98 Å². The molecule has 1 fully saturated rings. The third kappa shape index (κ3) is 1.88. The molecule has 1 N–H and O–H groups in total. The monoisotopic (exact) mass is 268 g/mol. The highest BCUT2D eigenvalue weighted by atomic mass is 16.4. The van der Waals surface area contributed by atoms with Crippen molar-refractivity contribution in [1.82, 2.24) is 10.3 Å². The van der Waals surface area contributed by atoms with Crippen LogP contribution in [-0.4, -0.2) is 18.6 Å². The number of hydrogen-bond donors (Lipinski definition) is 1. The molecule has 0 aliphatic heterocycles. The molecule has 0 bridgehead atoms. The Labute approximate surface area is 119 Å². The summed E-state index contributed by atoms with van der Waals surface area (Å²) in [6.07, 6.45) is 5.33. The van der Waals surface area contributed by atoms with Gasteiger partial charge in [-0.3, -0.25) is 0 Å². The minimum absolute atomic E-state index is 0.564. The van der Waals surface area contributed by atoms with E-state index in [0.29, 0.717) is 11.8 Å². The average Bonchev–Trinajstić information content (AvgIpc) is 3.06. The Morgan fingerprint density at radius 2 is 2.20 bits per heavy atom. The van der Waals surface area contributed by atoms with Crippen LogP contribution in [0, 0.1) is 5.92 Å². The van der Waals surface area contributed by atoms with Crippen molar-refractivity contribution in [3.8, 4) is 0 Å². The molecule has 2 aromatic rings. The van der Waals surface area contributed by atoms with Gasteiger partial charge in [-0.2, -0.15) is 0 Å². The summed E-state index contributed by atoms with van der Waals surface area (Å²) in [6.45, 7) is 0.917. The van der Waals surface area contributed by atoms with E-state index in [1.54, 1.807) is 5.56 Å². The van der Waals surface area contributed by atoms with Crippen LogP contribution in [0.5, 0.6) is 0 Å². The zero-order valence-corrected chi connectivity index (χ0v) is 11.8. The zero-order valence-electron chi connectivity index (χ0n) is 11.8. The minimum atomic E-state index is 0.564. The number of aromatic nitrogens is 1. The first kappa shape index (κ1) is 12.2. The van der Waals surface area contributed by atoms with Gasteiger partial charge < -0.3 is 9.73 Å². The summed E-state index contributed by atoms with van der Waals surface area (Å²) in [6, 6.07) is 8.89. The van der Waals surface area contributed by atoms with Crippen LogP contribution in [0.4, 0.5) is 0 Å². The number of likely N-dealkylation sites (N-methyl/N-ethyl adjacent to an activating group) is 1. The fourth-order valence-electron chi connectivity index (χ4n) is 3.78. The number of fused-ring (bicyclic) bond motifs is 3. The van der Waals surface area contributed by atoms with Crippen LogP contribution in [0.1, 0.15) is 41.0 Å². The van der Waals surface area contributed by atoms with E-state index in [0.717, 1.165) is 30.5 Å². The Bertz CT molecular complexity index is 619. The van der Waals surface area contributed by atoms with Gasteiger partial charge in [-0.1, -0.05) is 24.3 Å². The lowest BCUT2D eigenvalue weighted by Gasteiger charge is -2.13. The van der Waals surface area contributed by atoms with E-state index in [1.807, 2.05) is 13.2 Å². The molecule has 2 aliphatic carbocycles. The third-order valence-corrected chi connectivity index (χ3v) is 4.82. The van der Waals surface area contributed by atoms with Crippen molar-refractivity contribution in [2.24, 2.45) is 5.92 Å². The van der Waals surface area contributed by atoms with Crippen molar-refractivity contribution in [3.63, 3.8) is 0 Å². The molecular weight excluding hydrogens is 248 g/mol. The number of hydrogen-bond acceptors (Lipinski definition) is 3. The predicted molar refractivity (Wildman–Crippen MR) is 77.9 cm³/mol. The highest BCUT2D eigenvalue weighted by Gasteiger charge is 2.55. The second-order valence-corrected chi connectivity index (χ2v) is 5.96. The van der Waals surface area contributed by atoms with Gasteiger partial charge in [-0.05, 0) is 42.9 Å². The molecule has 1 heterocycles. The fourth-order valence-corrected chi connectivity index (χ4v) is 3.78. The standard InChI is InChI=1S/C17H20N2O/c1-18-9-8-15-19-10-14(20-15)17-13-7-6-11-4-2-3-5-12(11)16(13)17/h2-5,10,13,16-18H,6-9H2,1H3. The SMILES string of the molecule is CNCCc1ncc(C2C3CCc4ccccc4C32)o1. The second-order valence-electron chi connectivity index (χ2n) is 5.96. The van der Waals surface area contributed by atoms with Gasteiger partial charge in [0.1, 0.15) is 5.76 Å². The Hall–Kier alpha value is -1.61. The number of nitrogens with zero attached hydrogens (tertiary/aromatic N) is 1. The first-order chi connectivity index (χ1) is 9.88. The lowest BCUT2D eigenvalue weighted by atomic mass is 9.92. The summed E-state index contributed by atoms with van der Waals surface area (Å²) in [5.41, 5.74) is 3.08. The summed E-state index contributed by atoms with van der Waals surface area (Å²) in [4.78, 5) is 4.42. The maximum atomic E-state index is 5.97. The number of rotatable bonds is 4. The lowest BCUT2D eigenvalue weighted by molar-refractivity contribution is 0.445. The average molecular weight is 268 g/mol. The molecule has 20 heavy (non-hydrogen) atoms. The van der Waals surface area contributed by atoms with Crippen molar-refractivity contribution in [2.45, 2.75) is 31.1 Å². The molecule has 3 nitrogen and oxygen atoms in total. The molecule has 4 rings (SSSR count). The molecule has 1 aromatic carbocycles. The Kier molecular flexibility index (Phi) is 2.88. The fraction of sp³-hybridized carbons (Fsp3) is 0.471. The van der Waals surface area contributed by atoms with Crippen LogP contribution >= 0.6 is 0 Å². The highest BCUT2D eigenvalue weighted by Crippen LogP contribution is 2.65. The van der Waals surface area contributed by atoms with Crippen LogP contribution in [0.2, 0.25) is 0 Å². The van der Waals surface area contributed by atoms with Gasteiger partial charge in [0, 0.05) is 18.9 Å². The number of oxazole rings is 1. The van der Waals surface area contributed by atoms with Crippen molar-refractivity contribution in [1.29, 1.82) is 0 Å². The van der Waals surface area contributed by atoms with Gasteiger partial charge in [-0.15, -0.1) is 0 Å². The van der Waals surface area contributed by atoms with Gasteiger partial charge in [0.2, 0.25) is 0 Å². The molecule has 3 heteroatoms. The number of benzene rings is 1. The van der Waals surface area contributed by atoms with Crippen LogP contribution in [0.3, 0.4) is 0 Å². The van der Waals surface area contributed by atoms with Gasteiger partial charge in [0.15, 0.2) is 5.89 Å². The summed E-state index contributed by atoms with van der Waals surface area (Å²) < 4.78 is 5.97. The van der Waals surface area contributed by atoms with Crippen LogP contribution in [0.25, 0.3) is 0 Å². The smallest absolute Gasteiger partial charge is 0.195 e. The molecule has 1 saturated carbocycles. The van der Waals surface area contributed by atoms with Crippen LogP contribution in [-0.2, 0) is 12.8 Å². The lowest BCUT2D eigenvalue weighted by Crippen LogP contribution is -2.10. The van der Waals surface area contributed by atoms with E-state index >= 15 is 0 Å². The van der Waals surface area contributed by atoms with E-state index in [2.05, 4.69) is 34.6 Å². The van der Waals surface area contributed by atoms with E-state index in [4.69, 9.17) is 4.42 Å². The zero-order chi connectivity index (χ0) is 13.5. The molecule has 0 saturated heterocycles. The quantitative estimate of drug-likeness (QED) is 0.926. The van der Waals surface area contributed by atoms with E-state index < -0.39 is 0 Å². The minimum Gasteiger partial charge on any atom is -0.445 e. The summed E-state index contributed by atoms with van der Waals surface area (Å²) in [7, 11) is 1.95. The highest BCUT2D eigenvalue weighted by molar-refractivity contribution is 5.43. The van der Waals surface area contributed by atoms with Gasteiger partial charge in [0.25, 0.3) is 0 Å². The largest absolute Gasteiger partial charge is 0.445 e. The number of aryl methyl sites for hydroxylation is 1. The normalized spacial score (nSPS) is 26.9. The maximum Gasteiger partial charge on any atom is 0.195 e.